The normalized spacial score (nSPS) is 26.9. The zero-order valence-corrected chi connectivity index (χ0v) is 11.2. The SMILES string of the molecule is OCC1C(c2c(Cl)cccc2Cl)=NOC1C1CC1. The van der Waals surface area contributed by atoms with Gasteiger partial charge in [0.2, 0.25) is 0 Å². The van der Waals surface area contributed by atoms with Gasteiger partial charge in [0.25, 0.3) is 0 Å². The lowest BCUT2D eigenvalue weighted by atomic mass is 9.90. The van der Waals surface area contributed by atoms with Crippen LogP contribution in [0, 0.1) is 11.8 Å². The fourth-order valence-electron chi connectivity index (χ4n) is 2.42. The van der Waals surface area contributed by atoms with Gasteiger partial charge in [0.15, 0.2) is 0 Å². The van der Waals surface area contributed by atoms with Gasteiger partial charge in [-0.2, -0.15) is 0 Å². The average Bonchev–Trinajstić information content (AvgIpc) is 3.10. The molecule has 3 nitrogen and oxygen atoms in total. The van der Waals surface area contributed by atoms with Crippen molar-refractivity contribution in [3.8, 4) is 0 Å². The number of rotatable bonds is 3. The van der Waals surface area contributed by atoms with Crippen LogP contribution in [0.3, 0.4) is 0 Å². The first-order chi connectivity index (χ1) is 8.72. The van der Waals surface area contributed by atoms with Gasteiger partial charge in [0, 0.05) is 5.56 Å². The van der Waals surface area contributed by atoms with Crippen LogP contribution in [0.1, 0.15) is 18.4 Å². The maximum Gasteiger partial charge on any atom is 0.141 e. The van der Waals surface area contributed by atoms with Crippen molar-refractivity contribution >= 4 is 28.9 Å². The Balaban J connectivity index is 1.96. The summed E-state index contributed by atoms with van der Waals surface area (Å²) in [5.74, 6) is 0.375. The van der Waals surface area contributed by atoms with Crippen LogP contribution in [0.5, 0.6) is 0 Å². The molecule has 3 rings (SSSR count). The van der Waals surface area contributed by atoms with E-state index in [0.717, 1.165) is 12.8 Å². The number of oxime groups is 1. The van der Waals surface area contributed by atoms with Gasteiger partial charge in [-0.05, 0) is 30.9 Å². The largest absolute Gasteiger partial charge is 0.396 e. The van der Waals surface area contributed by atoms with Crippen molar-refractivity contribution in [3.63, 3.8) is 0 Å². The molecule has 0 radical (unpaired) electrons. The van der Waals surface area contributed by atoms with E-state index in [1.807, 2.05) is 0 Å². The lowest BCUT2D eigenvalue weighted by molar-refractivity contribution is 0.0310. The fraction of sp³-hybridized carbons (Fsp3) is 0.462. The van der Waals surface area contributed by atoms with Crippen molar-refractivity contribution in [1.29, 1.82) is 0 Å². The third-order valence-corrected chi connectivity index (χ3v) is 4.15. The number of benzene rings is 1. The standard InChI is InChI=1S/C13H13Cl2NO2/c14-9-2-1-3-10(15)11(9)12-8(6-17)13(18-16-12)7-4-5-7/h1-3,7-8,13,17H,4-6H2. The summed E-state index contributed by atoms with van der Waals surface area (Å²) in [5.41, 5.74) is 1.35. The molecular weight excluding hydrogens is 273 g/mol. The third-order valence-electron chi connectivity index (χ3n) is 3.52. The van der Waals surface area contributed by atoms with Gasteiger partial charge in [-0.15, -0.1) is 0 Å². The summed E-state index contributed by atoms with van der Waals surface area (Å²) in [6, 6.07) is 5.32. The molecule has 1 fully saturated rings. The van der Waals surface area contributed by atoms with Crippen LogP contribution in [0.2, 0.25) is 10.0 Å². The number of halogens is 2. The molecule has 0 saturated heterocycles. The van der Waals surface area contributed by atoms with E-state index in [-0.39, 0.29) is 18.6 Å². The Bertz CT molecular complexity index is 480. The minimum absolute atomic E-state index is 0.00154. The number of hydrogen-bond donors (Lipinski definition) is 1. The van der Waals surface area contributed by atoms with Crippen LogP contribution in [0.25, 0.3) is 0 Å². The lowest BCUT2D eigenvalue weighted by Gasteiger charge is -2.16. The molecule has 1 aromatic carbocycles. The second kappa shape index (κ2) is 4.72. The molecule has 1 heterocycles. The summed E-state index contributed by atoms with van der Waals surface area (Å²) < 4.78 is 0. The van der Waals surface area contributed by atoms with Crippen molar-refractivity contribution in [2.75, 3.05) is 6.61 Å². The van der Waals surface area contributed by atoms with Crippen LogP contribution >= 0.6 is 23.2 Å². The fourth-order valence-corrected chi connectivity index (χ4v) is 3.01. The van der Waals surface area contributed by atoms with Crippen molar-refractivity contribution in [2.24, 2.45) is 17.0 Å². The molecule has 2 unspecified atom stereocenters. The summed E-state index contributed by atoms with van der Waals surface area (Å²) in [5, 5.41) is 14.8. The van der Waals surface area contributed by atoms with Gasteiger partial charge in [-0.1, -0.05) is 34.4 Å². The molecule has 0 amide bonds. The zero-order chi connectivity index (χ0) is 12.7. The molecule has 1 aliphatic carbocycles. The average molecular weight is 286 g/mol. The van der Waals surface area contributed by atoms with E-state index in [4.69, 9.17) is 28.0 Å². The number of hydrogen-bond acceptors (Lipinski definition) is 3. The molecule has 2 atom stereocenters. The Kier molecular flexibility index (Phi) is 3.22. The van der Waals surface area contributed by atoms with Crippen molar-refractivity contribution in [3.05, 3.63) is 33.8 Å². The first-order valence-corrected chi connectivity index (χ1v) is 6.77. The summed E-state index contributed by atoms with van der Waals surface area (Å²) in [6.07, 6.45) is 2.25. The molecule has 18 heavy (non-hydrogen) atoms. The maximum atomic E-state index is 9.58. The molecular formula is C13H13Cl2NO2. The Hall–Kier alpha value is -0.770. The summed E-state index contributed by atoms with van der Waals surface area (Å²) in [4.78, 5) is 5.47. The lowest BCUT2D eigenvalue weighted by Crippen LogP contribution is -2.29. The molecule has 1 aliphatic heterocycles. The Labute approximate surface area is 115 Å². The van der Waals surface area contributed by atoms with E-state index in [9.17, 15) is 5.11 Å². The zero-order valence-electron chi connectivity index (χ0n) is 9.64. The predicted octanol–water partition coefficient (Wildman–Crippen LogP) is 3.11. The molecule has 1 N–H and O–H groups in total. The Morgan fingerprint density at radius 1 is 1.28 bits per heavy atom. The van der Waals surface area contributed by atoms with Crippen molar-refractivity contribution in [1.82, 2.24) is 0 Å². The molecule has 5 heteroatoms. The molecule has 0 spiro atoms. The smallest absolute Gasteiger partial charge is 0.141 e. The van der Waals surface area contributed by atoms with Gasteiger partial charge in [0.05, 0.1) is 28.3 Å². The van der Waals surface area contributed by atoms with Crippen molar-refractivity contribution in [2.45, 2.75) is 18.9 Å². The maximum absolute atomic E-state index is 9.58. The molecule has 96 valence electrons. The van der Waals surface area contributed by atoms with Crippen LogP contribution in [0.4, 0.5) is 0 Å². The number of nitrogens with zero attached hydrogens (tertiary/aromatic N) is 1. The van der Waals surface area contributed by atoms with E-state index in [1.54, 1.807) is 18.2 Å². The number of aliphatic hydroxyl groups excluding tert-OH is 1. The second-order valence-electron chi connectivity index (χ2n) is 4.77. The third kappa shape index (κ3) is 2.00. The highest BCUT2D eigenvalue weighted by molar-refractivity contribution is 6.40. The number of aliphatic hydroxyl groups is 1. The highest BCUT2D eigenvalue weighted by Crippen LogP contribution is 2.42. The van der Waals surface area contributed by atoms with Gasteiger partial charge < -0.3 is 9.94 Å². The molecule has 1 saturated carbocycles. The Morgan fingerprint density at radius 3 is 2.50 bits per heavy atom. The van der Waals surface area contributed by atoms with Crippen LogP contribution in [0.15, 0.2) is 23.4 Å². The van der Waals surface area contributed by atoms with Crippen LogP contribution < -0.4 is 0 Å². The van der Waals surface area contributed by atoms with E-state index in [0.29, 0.717) is 27.2 Å². The van der Waals surface area contributed by atoms with Gasteiger partial charge in [-0.3, -0.25) is 0 Å². The van der Waals surface area contributed by atoms with Crippen molar-refractivity contribution < 1.29 is 9.94 Å². The quantitative estimate of drug-likeness (QED) is 0.927. The van der Waals surface area contributed by atoms with Gasteiger partial charge >= 0.3 is 0 Å². The first-order valence-electron chi connectivity index (χ1n) is 6.01. The summed E-state index contributed by atoms with van der Waals surface area (Å²) >= 11 is 12.3. The molecule has 2 aliphatic rings. The van der Waals surface area contributed by atoms with Gasteiger partial charge in [-0.25, -0.2) is 0 Å². The topological polar surface area (TPSA) is 41.8 Å². The Morgan fingerprint density at radius 2 is 1.94 bits per heavy atom. The first kappa shape index (κ1) is 12.3. The van der Waals surface area contributed by atoms with Crippen LogP contribution in [-0.4, -0.2) is 23.5 Å². The predicted molar refractivity (Wildman–Crippen MR) is 71.2 cm³/mol. The van der Waals surface area contributed by atoms with E-state index in [1.165, 1.54) is 0 Å². The molecule has 0 aromatic heterocycles. The summed E-state index contributed by atoms with van der Waals surface area (Å²) in [7, 11) is 0. The van der Waals surface area contributed by atoms with E-state index in [2.05, 4.69) is 5.16 Å². The van der Waals surface area contributed by atoms with Crippen LogP contribution in [-0.2, 0) is 4.84 Å². The van der Waals surface area contributed by atoms with E-state index < -0.39 is 0 Å². The monoisotopic (exact) mass is 285 g/mol. The van der Waals surface area contributed by atoms with Gasteiger partial charge in [0.1, 0.15) is 6.10 Å². The minimum Gasteiger partial charge on any atom is -0.396 e. The highest BCUT2D eigenvalue weighted by Gasteiger charge is 2.45. The summed E-state index contributed by atoms with van der Waals surface area (Å²) in [6.45, 7) is 0.00154. The minimum atomic E-state index is -0.130. The highest BCUT2D eigenvalue weighted by atomic mass is 35.5. The molecule has 0 bridgehead atoms. The molecule has 1 aromatic rings. The second-order valence-corrected chi connectivity index (χ2v) is 5.58. The van der Waals surface area contributed by atoms with E-state index >= 15 is 0 Å².